The minimum absolute atomic E-state index is 0.345. The number of rotatable bonds is 6. The molecular formula is C21H28N2O2. The van der Waals surface area contributed by atoms with Crippen molar-refractivity contribution in [2.45, 2.75) is 53.5 Å². The largest absolute Gasteiger partial charge is 0.481 e. The van der Waals surface area contributed by atoms with Crippen LogP contribution in [0.1, 0.15) is 54.8 Å². The molecule has 25 heavy (non-hydrogen) atoms. The van der Waals surface area contributed by atoms with E-state index in [9.17, 15) is 9.90 Å². The molecule has 1 aromatic carbocycles. The van der Waals surface area contributed by atoms with Crippen LogP contribution in [0.4, 0.5) is 0 Å². The van der Waals surface area contributed by atoms with Gasteiger partial charge in [0.25, 0.3) is 0 Å². The molecule has 3 N–H and O–H groups in total. The van der Waals surface area contributed by atoms with E-state index in [2.05, 4.69) is 13.8 Å². The van der Waals surface area contributed by atoms with Crippen LogP contribution in [-0.2, 0) is 17.8 Å². The van der Waals surface area contributed by atoms with Gasteiger partial charge in [0.2, 0.25) is 0 Å². The van der Waals surface area contributed by atoms with Gasteiger partial charge in [-0.15, -0.1) is 0 Å². The highest BCUT2D eigenvalue weighted by Gasteiger charge is 2.25. The Bertz CT molecular complexity index is 764. The molecule has 134 valence electrons. The fourth-order valence-electron chi connectivity index (χ4n) is 3.30. The van der Waals surface area contributed by atoms with Gasteiger partial charge in [0, 0.05) is 17.9 Å². The van der Waals surface area contributed by atoms with E-state index in [4.69, 9.17) is 10.7 Å². The molecule has 0 radical (unpaired) electrons. The molecule has 0 aliphatic rings. The smallest absolute Gasteiger partial charge is 0.310 e. The van der Waals surface area contributed by atoms with E-state index >= 15 is 0 Å². The molecule has 1 aromatic heterocycles. The molecule has 0 fully saturated rings. The van der Waals surface area contributed by atoms with Gasteiger partial charge in [-0.25, -0.2) is 0 Å². The van der Waals surface area contributed by atoms with Crippen LogP contribution in [0.2, 0.25) is 0 Å². The average molecular weight is 340 g/mol. The van der Waals surface area contributed by atoms with Gasteiger partial charge in [-0.3, -0.25) is 9.78 Å². The first-order valence-corrected chi connectivity index (χ1v) is 8.78. The molecule has 0 aliphatic carbocycles. The number of hydrogen-bond donors (Lipinski definition) is 2. The van der Waals surface area contributed by atoms with Crippen molar-refractivity contribution in [3.8, 4) is 11.1 Å². The lowest BCUT2D eigenvalue weighted by Gasteiger charge is -2.23. The first-order chi connectivity index (χ1) is 11.8. The monoisotopic (exact) mass is 340 g/mol. The van der Waals surface area contributed by atoms with Crippen molar-refractivity contribution < 1.29 is 9.90 Å². The van der Waals surface area contributed by atoms with Crippen LogP contribution in [0.3, 0.4) is 0 Å². The maximum absolute atomic E-state index is 11.7. The van der Waals surface area contributed by atoms with Crippen LogP contribution in [0.5, 0.6) is 0 Å². The third-order valence-corrected chi connectivity index (χ3v) is 4.56. The first kappa shape index (κ1) is 19.1. The lowest BCUT2D eigenvalue weighted by molar-refractivity contribution is -0.138. The van der Waals surface area contributed by atoms with Gasteiger partial charge in [-0.2, -0.15) is 0 Å². The lowest BCUT2D eigenvalue weighted by Crippen LogP contribution is -2.17. The molecule has 0 amide bonds. The molecule has 0 bridgehead atoms. The molecule has 0 spiro atoms. The number of aromatic nitrogens is 1. The number of aryl methyl sites for hydroxylation is 2. The van der Waals surface area contributed by atoms with Crippen LogP contribution in [0, 0.1) is 19.8 Å². The van der Waals surface area contributed by atoms with Crippen molar-refractivity contribution in [2.24, 2.45) is 11.7 Å². The zero-order chi connectivity index (χ0) is 18.7. The number of carboxylic acid groups (broad SMARTS) is 1. The Kier molecular flexibility index (Phi) is 5.96. The van der Waals surface area contributed by atoms with Crippen molar-refractivity contribution in [1.82, 2.24) is 4.98 Å². The summed E-state index contributed by atoms with van der Waals surface area (Å²) < 4.78 is 0. The maximum Gasteiger partial charge on any atom is 0.310 e. The van der Waals surface area contributed by atoms with Crippen LogP contribution in [0.25, 0.3) is 11.1 Å². The number of hydrogen-bond acceptors (Lipinski definition) is 3. The summed E-state index contributed by atoms with van der Waals surface area (Å²) in [5.74, 6) is -1.04. The zero-order valence-electron chi connectivity index (χ0n) is 15.8. The number of pyridine rings is 1. The third kappa shape index (κ3) is 4.07. The van der Waals surface area contributed by atoms with Gasteiger partial charge in [-0.1, -0.05) is 43.7 Å². The quantitative estimate of drug-likeness (QED) is 0.826. The zero-order valence-corrected chi connectivity index (χ0v) is 15.8. The minimum atomic E-state index is -0.849. The summed E-state index contributed by atoms with van der Waals surface area (Å²) in [6.07, 6.45) is 0.827. The van der Waals surface area contributed by atoms with Gasteiger partial charge in [-0.05, 0) is 55.4 Å². The molecule has 0 saturated heterocycles. The Morgan fingerprint density at radius 3 is 2.24 bits per heavy atom. The van der Waals surface area contributed by atoms with E-state index in [1.807, 2.05) is 38.1 Å². The predicted molar refractivity (Wildman–Crippen MR) is 102 cm³/mol. The number of carbonyl (C=O) groups is 1. The van der Waals surface area contributed by atoms with Crippen molar-refractivity contribution >= 4 is 5.97 Å². The molecule has 2 rings (SSSR count). The van der Waals surface area contributed by atoms with Crippen molar-refractivity contribution in [2.75, 3.05) is 0 Å². The highest BCUT2D eigenvalue weighted by Crippen LogP contribution is 2.36. The molecule has 1 unspecified atom stereocenters. The van der Waals surface area contributed by atoms with Crippen LogP contribution in [-0.4, -0.2) is 16.1 Å². The summed E-state index contributed by atoms with van der Waals surface area (Å²) in [4.78, 5) is 16.4. The number of nitrogens with two attached hydrogens (primary N) is 1. The number of nitrogens with zero attached hydrogens (tertiary/aromatic N) is 1. The van der Waals surface area contributed by atoms with E-state index in [-0.39, 0.29) is 0 Å². The minimum Gasteiger partial charge on any atom is -0.481 e. The Labute approximate surface area is 150 Å². The summed E-state index contributed by atoms with van der Waals surface area (Å²) in [6.45, 7) is 10.3. The Hall–Kier alpha value is -2.20. The van der Waals surface area contributed by atoms with E-state index in [1.165, 1.54) is 5.56 Å². The Morgan fingerprint density at radius 2 is 1.76 bits per heavy atom. The molecular weight excluding hydrogens is 312 g/mol. The number of aliphatic carboxylic acids is 1. The summed E-state index contributed by atoms with van der Waals surface area (Å²) >= 11 is 0. The van der Waals surface area contributed by atoms with E-state index in [0.717, 1.165) is 40.1 Å². The van der Waals surface area contributed by atoms with Gasteiger partial charge >= 0.3 is 5.97 Å². The summed E-state index contributed by atoms with van der Waals surface area (Å²) in [7, 11) is 0. The lowest BCUT2D eigenvalue weighted by atomic mass is 9.85. The van der Waals surface area contributed by atoms with E-state index < -0.39 is 11.9 Å². The fourth-order valence-corrected chi connectivity index (χ4v) is 3.30. The highest BCUT2D eigenvalue weighted by molar-refractivity contribution is 5.83. The Balaban J connectivity index is 2.83. The number of benzene rings is 1. The second kappa shape index (κ2) is 7.79. The van der Waals surface area contributed by atoms with Gasteiger partial charge in [0.05, 0.1) is 5.92 Å². The van der Waals surface area contributed by atoms with Crippen LogP contribution < -0.4 is 5.73 Å². The topological polar surface area (TPSA) is 76.2 Å². The molecule has 4 nitrogen and oxygen atoms in total. The summed E-state index contributed by atoms with van der Waals surface area (Å²) in [5, 5.41) is 9.59. The van der Waals surface area contributed by atoms with Crippen molar-refractivity contribution in [1.29, 1.82) is 0 Å². The molecule has 1 heterocycles. The van der Waals surface area contributed by atoms with Gasteiger partial charge in [0.1, 0.15) is 0 Å². The van der Waals surface area contributed by atoms with Crippen molar-refractivity contribution in [3.05, 3.63) is 52.3 Å². The summed E-state index contributed by atoms with van der Waals surface area (Å²) in [6, 6.07) is 8.17. The van der Waals surface area contributed by atoms with Crippen LogP contribution >= 0.6 is 0 Å². The SMILES string of the molecule is Cc1ccc(-c2c(CN)c(CC(C)C)nc(C)c2C(C)C(=O)O)cc1. The van der Waals surface area contributed by atoms with Crippen LogP contribution in [0.15, 0.2) is 24.3 Å². The second-order valence-corrected chi connectivity index (χ2v) is 7.14. The Morgan fingerprint density at radius 1 is 1.16 bits per heavy atom. The molecule has 2 aromatic rings. The van der Waals surface area contributed by atoms with E-state index in [0.29, 0.717) is 12.5 Å². The summed E-state index contributed by atoms with van der Waals surface area (Å²) in [5.41, 5.74) is 12.7. The van der Waals surface area contributed by atoms with Crippen molar-refractivity contribution in [3.63, 3.8) is 0 Å². The fraction of sp³-hybridized carbons (Fsp3) is 0.429. The normalized spacial score (nSPS) is 12.4. The first-order valence-electron chi connectivity index (χ1n) is 8.78. The number of carboxylic acids is 1. The second-order valence-electron chi connectivity index (χ2n) is 7.14. The third-order valence-electron chi connectivity index (χ3n) is 4.56. The highest BCUT2D eigenvalue weighted by atomic mass is 16.4. The standard InChI is InChI=1S/C21H28N2O2/c1-12(2)10-18-17(11-22)20(16-8-6-13(3)7-9-16)19(15(5)23-18)14(4)21(24)25/h6-9,12,14H,10-11,22H2,1-5H3,(H,24,25). The molecule has 0 aliphatic heterocycles. The molecule has 1 atom stereocenters. The molecule has 0 saturated carbocycles. The predicted octanol–water partition coefficient (Wildman–Crippen LogP) is 4.21. The van der Waals surface area contributed by atoms with Gasteiger partial charge in [0.15, 0.2) is 0 Å². The average Bonchev–Trinajstić information content (AvgIpc) is 2.54. The van der Waals surface area contributed by atoms with E-state index in [1.54, 1.807) is 6.92 Å². The van der Waals surface area contributed by atoms with Gasteiger partial charge < -0.3 is 10.8 Å². The maximum atomic E-state index is 11.7. The molecule has 4 heteroatoms.